The molecule has 0 amide bonds. The van der Waals surface area contributed by atoms with Gasteiger partial charge in [0.25, 0.3) is 0 Å². The van der Waals surface area contributed by atoms with E-state index in [0.29, 0.717) is 6.07 Å². The largest absolute Gasteiger partial charge is 0.386 e. The van der Waals surface area contributed by atoms with E-state index < -0.39 is 38.4 Å². The molecule has 0 spiro atoms. The molecule has 0 fully saturated rings. The fourth-order valence-electron chi connectivity index (χ4n) is 1.05. The van der Waals surface area contributed by atoms with Gasteiger partial charge in [-0.1, -0.05) is 0 Å². The maximum absolute atomic E-state index is 13.3. The third kappa shape index (κ3) is 3.21. The minimum absolute atomic E-state index is 0.406. The Balaban J connectivity index is 3.10. The van der Waals surface area contributed by atoms with Gasteiger partial charge >= 0.3 is 0 Å². The molecule has 0 aliphatic rings. The van der Waals surface area contributed by atoms with Crippen molar-refractivity contribution < 1.29 is 17.2 Å². The van der Waals surface area contributed by atoms with Gasteiger partial charge in [-0.2, -0.15) is 0 Å². The van der Waals surface area contributed by atoms with E-state index in [9.17, 15) is 17.2 Å². The molecule has 0 bridgehead atoms. The van der Waals surface area contributed by atoms with E-state index in [1.54, 1.807) is 0 Å². The monoisotopic (exact) mass is 263 g/mol. The zero-order chi connectivity index (χ0) is 13.2. The van der Waals surface area contributed by atoms with Crippen LogP contribution in [0.5, 0.6) is 0 Å². The van der Waals surface area contributed by atoms with Crippen molar-refractivity contribution in [2.45, 2.75) is 17.9 Å². The summed E-state index contributed by atoms with van der Waals surface area (Å²) >= 11 is 0. The molecule has 1 aromatic rings. The summed E-state index contributed by atoms with van der Waals surface area (Å²) in [6.45, 7) is 1.33. The molecule has 8 heteroatoms. The number of amidine groups is 1. The van der Waals surface area contributed by atoms with Crippen molar-refractivity contribution in [2.24, 2.45) is 5.73 Å². The van der Waals surface area contributed by atoms with Crippen molar-refractivity contribution in [3.05, 3.63) is 29.8 Å². The molecule has 1 atom stereocenters. The van der Waals surface area contributed by atoms with Gasteiger partial charge in [0.15, 0.2) is 0 Å². The van der Waals surface area contributed by atoms with Gasteiger partial charge in [-0.15, -0.1) is 0 Å². The van der Waals surface area contributed by atoms with E-state index in [0.717, 1.165) is 12.1 Å². The highest BCUT2D eigenvalue weighted by atomic mass is 32.2. The van der Waals surface area contributed by atoms with E-state index in [1.165, 1.54) is 6.92 Å². The quantitative estimate of drug-likeness (QED) is 0.547. The average Bonchev–Trinajstić information content (AvgIpc) is 2.15. The molecule has 4 N–H and O–H groups in total. The summed E-state index contributed by atoms with van der Waals surface area (Å²) in [5.41, 5.74) is 5.09. The second-order valence-corrected chi connectivity index (χ2v) is 5.06. The van der Waals surface area contributed by atoms with E-state index >= 15 is 0 Å². The fourth-order valence-corrected chi connectivity index (χ4v) is 2.34. The van der Waals surface area contributed by atoms with Gasteiger partial charge in [0.2, 0.25) is 10.0 Å². The minimum atomic E-state index is -4.16. The Bertz CT molecular complexity index is 545. The molecule has 94 valence electrons. The Morgan fingerprint density at radius 2 is 2.06 bits per heavy atom. The summed E-state index contributed by atoms with van der Waals surface area (Å²) in [6, 6.07) is 1.13. The number of hydrogen-bond acceptors (Lipinski definition) is 3. The molecule has 0 aliphatic heterocycles. The summed E-state index contributed by atoms with van der Waals surface area (Å²) in [7, 11) is -4.16. The highest BCUT2D eigenvalue weighted by molar-refractivity contribution is 7.89. The number of halogens is 2. The lowest BCUT2D eigenvalue weighted by Gasteiger charge is -2.12. The van der Waals surface area contributed by atoms with Crippen LogP contribution in [0.1, 0.15) is 6.92 Å². The standard InChI is InChI=1S/C9H11F2N3O2S/c1-5(9(12)13)14-17(15,16)8-3-2-6(10)4-7(8)11/h2-5,14H,1H3,(H3,12,13). The smallest absolute Gasteiger partial charge is 0.244 e. The topological polar surface area (TPSA) is 96.0 Å². The molecular weight excluding hydrogens is 252 g/mol. The highest BCUT2D eigenvalue weighted by Crippen LogP contribution is 2.15. The molecule has 0 heterocycles. The molecule has 1 rings (SSSR count). The number of nitrogens with two attached hydrogens (primary N) is 1. The van der Waals surface area contributed by atoms with Crippen LogP contribution in [-0.4, -0.2) is 20.3 Å². The van der Waals surface area contributed by atoms with Gasteiger partial charge < -0.3 is 5.73 Å². The Morgan fingerprint density at radius 3 is 2.53 bits per heavy atom. The summed E-state index contributed by atoms with van der Waals surface area (Å²) in [5.74, 6) is -2.48. The average molecular weight is 263 g/mol. The first-order chi connectivity index (χ1) is 7.74. The predicted molar refractivity (Wildman–Crippen MR) is 58.1 cm³/mol. The van der Waals surface area contributed by atoms with Crippen LogP contribution in [0, 0.1) is 17.0 Å². The first-order valence-corrected chi connectivity index (χ1v) is 6.03. The molecule has 1 aromatic carbocycles. The van der Waals surface area contributed by atoms with E-state index in [4.69, 9.17) is 11.1 Å². The van der Waals surface area contributed by atoms with E-state index in [1.807, 2.05) is 4.72 Å². The Kier molecular flexibility index (Phi) is 3.79. The summed E-state index contributed by atoms with van der Waals surface area (Å²) in [6.07, 6.45) is 0. The molecular formula is C9H11F2N3O2S. The van der Waals surface area contributed by atoms with Gasteiger partial charge in [-0.25, -0.2) is 21.9 Å². The van der Waals surface area contributed by atoms with Gasteiger partial charge in [0.1, 0.15) is 22.4 Å². The van der Waals surface area contributed by atoms with Gasteiger partial charge in [0, 0.05) is 6.07 Å². The van der Waals surface area contributed by atoms with Crippen LogP contribution in [0.2, 0.25) is 0 Å². The lowest BCUT2D eigenvalue weighted by atomic mass is 10.3. The van der Waals surface area contributed by atoms with Crippen LogP contribution >= 0.6 is 0 Å². The maximum Gasteiger partial charge on any atom is 0.244 e. The molecule has 0 saturated carbocycles. The summed E-state index contributed by atoms with van der Waals surface area (Å²) in [4.78, 5) is -0.688. The Hall–Kier alpha value is -1.54. The molecule has 17 heavy (non-hydrogen) atoms. The lowest BCUT2D eigenvalue weighted by molar-refractivity contribution is 0.541. The molecule has 0 aliphatic carbocycles. The zero-order valence-corrected chi connectivity index (χ0v) is 9.68. The second-order valence-electron chi connectivity index (χ2n) is 3.37. The van der Waals surface area contributed by atoms with Crippen LogP contribution in [-0.2, 0) is 10.0 Å². The minimum Gasteiger partial charge on any atom is -0.386 e. The molecule has 0 aromatic heterocycles. The predicted octanol–water partition coefficient (Wildman–Crippen LogP) is 0.568. The first kappa shape index (κ1) is 13.5. The van der Waals surface area contributed by atoms with Gasteiger partial charge in [-0.3, -0.25) is 5.41 Å². The van der Waals surface area contributed by atoms with Crippen LogP contribution in [0.4, 0.5) is 8.78 Å². The normalized spacial score (nSPS) is 13.4. The Morgan fingerprint density at radius 1 is 1.47 bits per heavy atom. The molecule has 0 saturated heterocycles. The fraction of sp³-hybridized carbons (Fsp3) is 0.222. The van der Waals surface area contributed by atoms with Gasteiger partial charge in [-0.05, 0) is 19.1 Å². The number of sulfonamides is 1. The van der Waals surface area contributed by atoms with Crippen LogP contribution in [0.15, 0.2) is 23.1 Å². The van der Waals surface area contributed by atoms with Crippen molar-refractivity contribution in [2.75, 3.05) is 0 Å². The Labute approximate surface area is 97.2 Å². The zero-order valence-electron chi connectivity index (χ0n) is 8.87. The van der Waals surface area contributed by atoms with Crippen molar-refractivity contribution in [1.29, 1.82) is 5.41 Å². The second kappa shape index (κ2) is 4.76. The van der Waals surface area contributed by atoms with Crippen LogP contribution in [0.25, 0.3) is 0 Å². The van der Waals surface area contributed by atoms with E-state index in [-0.39, 0.29) is 0 Å². The molecule has 0 radical (unpaired) electrons. The van der Waals surface area contributed by atoms with Gasteiger partial charge in [0.05, 0.1) is 6.04 Å². The SMILES string of the molecule is CC(NS(=O)(=O)c1ccc(F)cc1F)C(=N)N. The number of nitrogens with one attached hydrogen (secondary N) is 2. The maximum atomic E-state index is 13.3. The third-order valence-electron chi connectivity index (χ3n) is 1.98. The first-order valence-electron chi connectivity index (χ1n) is 4.55. The molecule has 1 unspecified atom stereocenters. The van der Waals surface area contributed by atoms with E-state index in [2.05, 4.69) is 0 Å². The van der Waals surface area contributed by atoms with Crippen LogP contribution < -0.4 is 10.5 Å². The lowest BCUT2D eigenvalue weighted by Crippen LogP contribution is -2.41. The van der Waals surface area contributed by atoms with Crippen molar-refractivity contribution >= 4 is 15.9 Å². The summed E-state index contributed by atoms with van der Waals surface area (Å²) in [5, 5.41) is 7.03. The summed E-state index contributed by atoms with van der Waals surface area (Å²) < 4.78 is 51.2. The number of rotatable bonds is 4. The van der Waals surface area contributed by atoms with Crippen molar-refractivity contribution in [3.63, 3.8) is 0 Å². The third-order valence-corrected chi connectivity index (χ3v) is 3.56. The van der Waals surface area contributed by atoms with Crippen molar-refractivity contribution in [1.82, 2.24) is 4.72 Å². The number of hydrogen-bond donors (Lipinski definition) is 3. The number of benzene rings is 1. The highest BCUT2D eigenvalue weighted by Gasteiger charge is 2.22. The molecule has 5 nitrogen and oxygen atoms in total. The van der Waals surface area contributed by atoms with Crippen LogP contribution in [0.3, 0.4) is 0 Å². The van der Waals surface area contributed by atoms with Crippen molar-refractivity contribution in [3.8, 4) is 0 Å².